The molecule has 0 unspecified atom stereocenters. The van der Waals surface area contributed by atoms with Gasteiger partial charge < -0.3 is 11.1 Å². The smallest absolute Gasteiger partial charge is 0.0370 e. The predicted octanol–water partition coefficient (Wildman–Crippen LogP) is 2.92. The van der Waals surface area contributed by atoms with Crippen LogP contribution in [-0.4, -0.2) is 6.04 Å². The summed E-state index contributed by atoms with van der Waals surface area (Å²) in [6, 6.07) is 6.77. The topological polar surface area (TPSA) is 38.0 Å². The number of nitrogens with one attached hydrogen (secondary N) is 1. The summed E-state index contributed by atoms with van der Waals surface area (Å²) in [5.41, 5.74) is 7.98. The fraction of sp³-hybridized carbons (Fsp3) is 0.500. The molecule has 2 nitrogen and oxygen atoms in total. The SMILES string of the molecule is CC1CC(NCc2ccc(Br)cc2N)C1. The van der Waals surface area contributed by atoms with E-state index in [1.165, 1.54) is 18.4 Å². The molecule has 1 saturated carbocycles. The summed E-state index contributed by atoms with van der Waals surface area (Å²) in [5.74, 6) is 0.893. The van der Waals surface area contributed by atoms with Gasteiger partial charge in [-0.25, -0.2) is 0 Å². The third-order valence-corrected chi connectivity index (χ3v) is 3.56. The van der Waals surface area contributed by atoms with Crippen LogP contribution < -0.4 is 11.1 Å². The van der Waals surface area contributed by atoms with Crippen molar-refractivity contribution in [2.75, 3.05) is 5.73 Å². The van der Waals surface area contributed by atoms with E-state index < -0.39 is 0 Å². The third kappa shape index (κ3) is 2.73. The molecule has 0 spiro atoms. The molecule has 1 fully saturated rings. The summed E-state index contributed by atoms with van der Waals surface area (Å²) >= 11 is 3.41. The van der Waals surface area contributed by atoms with Gasteiger partial charge in [0.25, 0.3) is 0 Å². The molecule has 0 atom stereocenters. The maximum atomic E-state index is 5.92. The summed E-state index contributed by atoms with van der Waals surface area (Å²) in [6.07, 6.45) is 2.60. The van der Waals surface area contributed by atoms with E-state index in [2.05, 4.69) is 34.2 Å². The van der Waals surface area contributed by atoms with Crippen molar-refractivity contribution in [3.05, 3.63) is 28.2 Å². The van der Waals surface area contributed by atoms with Crippen LogP contribution >= 0.6 is 15.9 Å². The first kappa shape index (κ1) is 11.0. The average molecular weight is 269 g/mol. The first-order valence-corrected chi connectivity index (χ1v) is 6.21. The highest BCUT2D eigenvalue weighted by Crippen LogP contribution is 2.27. The van der Waals surface area contributed by atoms with Crippen LogP contribution in [0.2, 0.25) is 0 Å². The Labute approximate surface area is 99.4 Å². The summed E-state index contributed by atoms with van der Waals surface area (Å²) < 4.78 is 1.04. The number of benzene rings is 1. The van der Waals surface area contributed by atoms with Crippen molar-refractivity contribution in [2.24, 2.45) is 5.92 Å². The van der Waals surface area contributed by atoms with Gasteiger partial charge in [-0.3, -0.25) is 0 Å². The van der Waals surface area contributed by atoms with Gasteiger partial charge in [0, 0.05) is 22.7 Å². The van der Waals surface area contributed by atoms with Crippen LogP contribution in [0.4, 0.5) is 5.69 Å². The zero-order chi connectivity index (χ0) is 10.8. The second-order valence-corrected chi connectivity index (χ2v) is 5.41. The summed E-state index contributed by atoms with van der Waals surface area (Å²) in [6.45, 7) is 3.18. The van der Waals surface area contributed by atoms with Crippen LogP contribution in [0.3, 0.4) is 0 Å². The normalized spacial score (nSPS) is 24.9. The molecular weight excluding hydrogens is 252 g/mol. The molecule has 0 radical (unpaired) electrons. The Morgan fingerprint density at radius 3 is 2.80 bits per heavy atom. The lowest BCUT2D eigenvalue weighted by Gasteiger charge is -2.33. The van der Waals surface area contributed by atoms with Gasteiger partial charge in [-0.1, -0.05) is 28.9 Å². The molecule has 82 valence electrons. The number of halogens is 1. The number of anilines is 1. The maximum Gasteiger partial charge on any atom is 0.0370 e. The molecule has 0 amide bonds. The van der Waals surface area contributed by atoms with Crippen molar-refractivity contribution in [3.8, 4) is 0 Å². The first-order valence-electron chi connectivity index (χ1n) is 5.42. The standard InChI is InChI=1S/C12H17BrN2/c1-8-4-11(5-8)15-7-9-2-3-10(13)6-12(9)14/h2-3,6,8,11,15H,4-5,7,14H2,1H3. The van der Waals surface area contributed by atoms with E-state index in [-0.39, 0.29) is 0 Å². The Bertz CT molecular complexity index is 345. The van der Waals surface area contributed by atoms with E-state index in [4.69, 9.17) is 5.73 Å². The van der Waals surface area contributed by atoms with E-state index >= 15 is 0 Å². The second-order valence-electron chi connectivity index (χ2n) is 4.50. The summed E-state index contributed by atoms with van der Waals surface area (Å²) in [4.78, 5) is 0. The highest BCUT2D eigenvalue weighted by atomic mass is 79.9. The van der Waals surface area contributed by atoms with Gasteiger partial charge in [0.05, 0.1) is 0 Å². The Morgan fingerprint density at radius 1 is 1.47 bits per heavy atom. The van der Waals surface area contributed by atoms with E-state index in [0.717, 1.165) is 22.6 Å². The summed E-state index contributed by atoms with van der Waals surface area (Å²) in [5, 5.41) is 3.53. The Kier molecular flexibility index (Phi) is 3.32. The minimum absolute atomic E-state index is 0.697. The number of nitrogens with two attached hydrogens (primary N) is 1. The zero-order valence-corrected chi connectivity index (χ0v) is 10.5. The van der Waals surface area contributed by atoms with Crippen molar-refractivity contribution < 1.29 is 0 Å². The Morgan fingerprint density at radius 2 is 2.20 bits per heavy atom. The van der Waals surface area contributed by atoms with Gasteiger partial charge in [0.1, 0.15) is 0 Å². The molecular formula is C12H17BrN2. The van der Waals surface area contributed by atoms with Crippen molar-refractivity contribution in [1.82, 2.24) is 5.32 Å². The zero-order valence-electron chi connectivity index (χ0n) is 8.96. The van der Waals surface area contributed by atoms with Crippen LogP contribution in [0.1, 0.15) is 25.3 Å². The monoisotopic (exact) mass is 268 g/mol. The highest BCUT2D eigenvalue weighted by Gasteiger charge is 2.24. The van der Waals surface area contributed by atoms with Gasteiger partial charge in [0.15, 0.2) is 0 Å². The quantitative estimate of drug-likeness (QED) is 0.828. The van der Waals surface area contributed by atoms with Crippen molar-refractivity contribution in [3.63, 3.8) is 0 Å². The van der Waals surface area contributed by atoms with E-state index in [9.17, 15) is 0 Å². The van der Waals surface area contributed by atoms with Crippen LogP contribution in [0.15, 0.2) is 22.7 Å². The molecule has 1 aliphatic rings. The maximum absolute atomic E-state index is 5.92. The fourth-order valence-corrected chi connectivity index (χ4v) is 2.43. The largest absolute Gasteiger partial charge is 0.398 e. The van der Waals surface area contributed by atoms with E-state index in [1.807, 2.05) is 12.1 Å². The van der Waals surface area contributed by atoms with Crippen LogP contribution in [0, 0.1) is 5.92 Å². The lowest BCUT2D eigenvalue weighted by molar-refractivity contribution is 0.240. The van der Waals surface area contributed by atoms with Crippen molar-refractivity contribution in [2.45, 2.75) is 32.4 Å². The predicted molar refractivity (Wildman–Crippen MR) is 67.6 cm³/mol. The van der Waals surface area contributed by atoms with Gasteiger partial charge in [-0.15, -0.1) is 0 Å². The molecule has 3 N–H and O–H groups in total. The molecule has 0 aromatic heterocycles. The Hall–Kier alpha value is -0.540. The lowest BCUT2D eigenvalue weighted by atomic mass is 9.82. The van der Waals surface area contributed by atoms with E-state index in [1.54, 1.807) is 0 Å². The van der Waals surface area contributed by atoms with Crippen LogP contribution in [0.5, 0.6) is 0 Å². The van der Waals surface area contributed by atoms with Crippen molar-refractivity contribution >= 4 is 21.6 Å². The number of rotatable bonds is 3. The first-order chi connectivity index (χ1) is 7.15. The van der Waals surface area contributed by atoms with E-state index in [0.29, 0.717) is 6.04 Å². The number of nitrogen functional groups attached to an aromatic ring is 1. The molecule has 1 aliphatic carbocycles. The molecule has 0 bridgehead atoms. The molecule has 2 rings (SSSR count). The lowest BCUT2D eigenvalue weighted by Crippen LogP contribution is -2.39. The van der Waals surface area contributed by atoms with Gasteiger partial charge in [-0.05, 0) is 36.5 Å². The van der Waals surface area contributed by atoms with Gasteiger partial charge in [-0.2, -0.15) is 0 Å². The highest BCUT2D eigenvalue weighted by molar-refractivity contribution is 9.10. The molecule has 1 aromatic rings. The molecule has 3 heteroatoms. The van der Waals surface area contributed by atoms with Gasteiger partial charge >= 0.3 is 0 Å². The number of hydrogen-bond donors (Lipinski definition) is 2. The molecule has 0 saturated heterocycles. The molecule has 0 heterocycles. The fourth-order valence-electron chi connectivity index (χ4n) is 2.05. The molecule has 15 heavy (non-hydrogen) atoms. The van der Waals surface area contributed by atoms with Crippen molar-refractivity contribution in [1.29, 1.82) is 0 Å². The minimum atomic E-state index is 0.697. The third-order valence-electron chi connectivity index (χ3n) is 3.06. The Balaban J connectivity index is 1.88. The minimum Gasteiger partial charge on any atom is -0.398 e. The number of hydrogen-bond acceptors (Lipinski definition) is 2. The summed E-state index contributed by atoms with van der Waals surface area (Å²) in [7, 11) is 0. The van der Waals surface area contributed by atoms with Crippen LogP contribution in [-0.2, 0) is 6.54 Å². The van der Waals surface area contributed by atoms with Gasteiger partial charge in [0.2, 0.25) is 0 Å². The molecule has 0 aliphatic heterocycles. The second kappa shape index (κ2) is 4.54. The molecule has 1 aromatic carbocycles. The van der Waals surface area contributed by atoms with Crippen LogP contribution in [0.25, 0.3) is 0 Å². The average Bonchev–Trinajstić information content (AvgIpc) is 2.13.